The second kappa shape index (κ2) is 5.79. The Bertz CT molecular complexity index is 640. The second-order valence-electron chi connectivity index (χ2n) is 4.92. The highest BCUT2D eigenvalue weighted by molar-refractivity contribution is 8.00. The van der Waals surface area contributed by atoms with E-state index in [1.54, 1.807) is 0 Å². The molecule has 1 N–H and O–H groups in total. The number of para-hydroxylation sites is 1. The van der Waals surface area contributed by atoms with E-state index >= 15 is 0 Å². The van der Waals surface area contributed by atoms with Crippen LogP contribution in [0.1, 0.15) is 31.5 Å². The van der Waals surface area contributed by atoms with E-state index in [9.17, 15) is 4.79 Å². The normalized spacial score (nSPS) is 14.4. The summed E-state index contributed by atoms with van der Waals surface area (Å²) in [6.45, 7) is 2.59. The van der Waals surface area contributed by atoms with Gasteiger partial charge >= 0.3 is 0 Å². The maximum absolute atomic E-state index is 11.6. The predicted molar refractivity (Wildman–Crippen MR) is 80.9 cm³/mol. The quantitative estimate of drug-likeness (QED) is 0.678. The highest BCUT2D eigenvalue weighted by Gasteiger charge is 2.27. The van der Waals surface area contributed by atoms with Crippen LogP contribution in [0.3, 0.4) is 0 Å². The molecule has 3 rings (SSSR count). The monoisotopic (exact) mass is 287 g/mol. The van der Waals surface area contributed by atoms with Gasteiger partial charge in [-0.2, -0.15) is 0 Å². The molecule has 1 aromatic carbocycles. The van der Waals surface area contributed by atoms with Crippen molar-refractivity contribution in [2.24, 2.45) is 0 Å². The fraction of sp³-hybridized carbons (Fsp3) is 0.400. The molecule has 0 aliphatic heterocycles. The summed E-state index contributed by atoms with van der Waals surface area (Å²) in [5.74, 6) is 1.90. The zero-order valence-corrected chi connectivity index (χ0v) is 12.2. The summed E-state index contributed by atoms with van der Waals surface area (Å²) < 4.78 is 0. The molecule has 1 heterocycles. The number of nitrogens with zero attached hydrogens (tertiary/aromatic N) is 2. The molecule has 1 saturated carbocycles. The number of amides is 1. The van der Waals surface area contributed by atoms with Crippen molar-refractivity contribution in [1.29, 1.82) is 0 Å². The minimum absolute atomic E-state index is 0.0492. The lowest BCUT2D eigenvalue weighted by Crippen LogP contribution is -2.24. The van der Waals surface area contributed by atoms with Crippen LogP contribution in [-0.2, 0) is 4.79 Å². The van der Waals surface area contributed by atoms with E-state index in [1.807, 2.05) is 31.2 Å². The van der Waals surface area contributed by atoms with Gasteiger partial charge < -0.3 is 5.32 Å². The molecule has 0 spiro atoms. The van der Waals surface area contributed by atoms with Crippen molar-refractivity contribution < 1.29 is 4.79 Å². The van der Waals surface area contributed by atoms with Crippen molar-refractivity contribution in [3.05, 3.63) is 30.1 Å². The van der Waals surface area contributed by atoms with Crippen LogP contribution in [0.4, 0.5) is 0 Å². The summed E-state index contributed by atoms with van der Waals surface area (Å²) in [5.41, 5.74) is 0.975. The van der Waals surface area contributed by atoms with Crippen LogP contribution in [0.25, 0.3) is 10.9 Å². The van der Waals surface area contributed by atoms with Gasteiger partial charge in [-0.05, 0) is 25.8 Å². The van der Waals surface area contributed by atoms with Crippen LogP contribution >= 0.6 is 11.8 Å². The fourth-order valence-corrected chi connectivity index (χ4v) is 2.94. The Morgan fingerprint density at radius 2 is 2.15 bits per heavy atom. The highest BCUT2D eigenvalue weighted by Crippen LogP contribution is 2.39. The SMILES string of the molecule is CCNC(=O)CSc1nc(C2CC2)nc2ccccc12. The van der Waals surface area contributed by atoms with Gasteiger partial charge in [-0.15, -0.1) is 0 Å². The van der Waals surface area contributed by atoms with E-state index in [0.29, 0.717) is 18.2 Å². The summed E-state index contributed by atoms with van der Waals surface area (Å²) in [6, 6.07) is 8.01. The average molecular weight is 287 g/mol. The topological polar surface area (TPSA) is 54.9 Å². The van der Waals surface area contributed by atoms with E-state index < -0.39 is 0 Å². The third kappa shape index (κ3) is 2.93. The molecule has 0 radical (unpaired) electrons. The Hall–Kier alpha value is -1.62. The number of hydrogen-bond acceptors (Lipinski definition) is 4. The van der Waals surface area contributed by atoms with E-state index in [-0.39, 0.29) is 5.91 Å². The summed E-state index contributed by atoms with van der Waals surface area (Å²) in [5, 5.41) is 4.76. The molecule has 1 fully saturated rings. The lowest BCUT2D eigenvalue weighted by atomic mass is 10.2. The van der Waals surface area contributed by atoms with Crippen LogP contribution < -0.4 is 5.32 Å². The molecule has 0 atom stereocenters. The molecule has 20 heavy (non-hydrogen) atoms. The lowest BCUT2D eigenvalue weighted by molar-refractivity contribution is -0.118. The Labute approximate surface area is 122 Å². The fourth-order valence-electron chi connectivity index (χ4n) is 2.08. The first-order chi connectivity index (χ1) is 9.78. The maximum atomic E-state index is 11.6. The smallest absolute Gasteiger partial charge is 0.230 e. The van der Waals surface area contributed by atoms with Crippen LogP contribution in [0.15, 0.2) is 29.3 Å². The summed E-state index contributed by atoms with van der Waals surface area (Å²) in [6.07, 6.45) is 2.36. The molecule has 0 unspecified atom stereocenters. The third-order valence-corrected chi connectivity index (χ3v) is 4.23. The van der Waals surface area contributed by atoms with Crippen LogP contribution in [-0.4, -0.2) is 28.2 Å². The number of carbonyl (C=O) groups is 1. The zero-order chi connectivity index (χ0) is 13.9. The minimum Gasteiger partial charge on any atom is -0.356 e. The standard InChI is InChI=1S/C15H17N3OS/c1-2-16-13(19)9-20-15-11-5-3-4-6-12(11)17-14(18-15)10-7-8-10/h3-6,10H,2,7-9H2,1H3,(H,16,19). The lowest BCUT2D eigenvalue weighted by Gasteiger charge is -2.08. The highest BCUT2D eigenvalue weighted by atomic mass is 32.2. The van der Waals surface area contributed by atoms with Crippen molar-refractivity contribution >= 4 is 28.6 Å². The third-order valence-electron chi connectivity index (χ3n) is 3.24. The van der Waals surface area contributed by atoms with Crippen molar-refractivity contribution in [3.63, 3.8) is 0 Å². The summed E-state index contributed by atoms with van der Waals surface area (Å²) >= 11 is 1.49. The first kappa shape index (κ1) is 13.4. The Morgan fingerprint density at radius 1 is 1.35 bits per heavy atom. The second-order valence-corrected chi connectivity index (χ2v) is 5.88. The van der Waals surface area contributed by atoms with Gasteiger partial charge in [0.2, 0.25) is 5.91 Å². The van der Waals surface area contributed by atoms with Crippen LogP contribution in [0.5, 0.6) is 0 Å². The number of nitrogens with one attached hydrogen (secondary N) is 1. The van der Waals surface area contributed by atoms with E-state index in [1.165, 1.54) is 24.6 Å². The van der Waals surface area contributed by atoms with Crippen molar-refractivity contribution in [1.82, 2.24) is 15.3 Å². The maximum Gasteiger partial charge on any atom is 0.230 e. The van der Waals surface area contributed by atoms with Crippen molar-refractivity contribution in [2.75, 3.05) is 12.3 Å². The number of fused-ring (bicyclic) bond motifs is 1. The molecule has 1 amide bonds. The minimum atomic E-state index is 0.0492. The Morgan fingerprint density at radius 3 is 2.90 bits per heavy atom. The van der Waals surface area contributed by atoms with Gasteiger partial charge in [0.25, 0.3) is 0 Å². The van der Waals surface area contributed by atoms with Gasteiger partial charge in [-0.3, -0.25) is 4.79 Å². The van der Waals surface area contributed by atoms with Gasteiger partial charge in [-0.1, -0.05) is 30.0 Å². The van der Waals surface area contributed by atoms with Gasteiger partial charge in [0, 0.05) is 17.8 Å². The number of benzene rings is 1. The zero-order valence-electron chi connectivity index (χ0n) is 11.4. The molecule has 104 valence electrons. The Kier molecular flexibility index (Phi) is 3.87. The molecular weight excluding hydrogens is 270 g/mol. The predicted octanol–water partition coefficient (Wildman–Crippen LogP) is 2.74. The van der Waals surface area contributed by atoms with E-state index in [2.05, 4.69) is 15.3 Å². The van der Waals surface area contributed by atoms with Gasteiger partial charge in [0.05, 0.1) is 11.3 Å². The number of rotatable bonds is 5. The largest absolute Gasteiger partial charge is 0.356 e. The molecular formula is C15H17N3OS. The van der Waals surface area contributed by atoms with E-state index in [0.717, 1.165) is 21.8 Å². The summed E-state index contributed by atoms with van der Waals surface area (Å²) in [7, 11) is 0. The first-order valence-electron chi connectivity index (χ1n) is 6.94. The molecule has 0 bridgehead atoms. The molecule has 4 nitrogen and oxygen atoms in total. The van der Waals surface area contributed by atoms with Crippen molar-refractivity contribution in [2.45, 2.75) is 30.7 Å². The molecule has 5 heteroatoms. The number of aromatic nitrogens is 2. The van der Waals surface area contributed by atoms with E-state index in [4.69, 9.17) is 0 Å². The molecule has 1 aromatic heterocycles. The van der Waals surface area contributed by atoms with Crippen LogP contribution in [0, 0.1) is 0 Å². The summed E-state index contributed by atoms with van der Waals surface area (Å²) in [4.78, 5) is 20.9. The van der Waals surface area contributed by atoms with Gasteiger partial charge in [0.15, 0.2) is 0 Å². The van der Waals surface area contributed by atoms with Gasteiger partial charge in [-0.25, -0.2) is 9.97 Å². The number of carbonyl (C=O) groups excluding carboxylic acids is 1. The van der Waals surface area contributed by atoms with Crippen molar-refractivity contribution in [3.8, 4) is 0 Å². The van der Waals surface area contributed by atoms with Crippen LogP contribution in [0.2, 0.25) is 0 Å². The molecule has 2 aromatic rings. The Balaban J connectivity index is 1.89. The molecule has 1 aliphatic rings. The molecule has 1 aliphatic carbocycles. The number of hydrogen-bond donors (Lipinski definition) is 1. The number of thioether (sulfide) groups is 1. The molecule has 0 saturated heterocycles. The first-order valence-corrected chi connectivity index (χ1v) is 7.92. The average Bonchev–Trinajstić information content (AvgIpc) is 3.29. The van der Waals surface area contributed by atoms with Gasteiger partial charge in [0.1, 0.15) is 10.9 Å².